The molecule has 2 heterocycles. The van der Waals surface area contributed by atoms with E-state index in [9.17, 15) is 0 Å². The zero-order valence-electron chi connectivity index (χ0n) is 8.47. The van der Waals surface area contributed by atoms with E-state index >= 15 is 0 Å². The molecule has 0 fully saturated rings. The summed E-state index contributed by atoms with van der Waals surface area (Å²) in [6.07, 6.45) is 4.49. The maximum absolute atomic E-state index is 4.14. The predicted molar refractivity (Wildman–Crippen MR) is 60.8 cm³/mol. The Morgan fingerprint density at radius 2 is 2.33 bits per heavy atom. The molecular formula is C10H12N4S. The smallest absolute Gasteiger partial charge is 0.149 e. The van der Waals surface area contributed by atoms with E-state index in [-0.39, 0.29) is 0 Å². The number of nitrogens with one attached hydrogen (secondary N) is 1. The lowest BCUT2D eigenvalue weighted by atomic mass is 10.3. The SMILES string of the molecule is CNCCc1nnc(-c2cccnc2)s1. The first-order valence-corrected chi connectivity index (χ1v) is 5.59. The van der Waals surface area contributed by atoms with Crippen LogP contribution in [0.15, 0.2) is 24.5 Å². The fourth-order valence-corrected chi connectivity index (χ4v) is 2.02. The zero-order chi connectivity index (χ0) is 10.5. The number of nitrogens with zero attached hydrogens (tertiary/aromatic N) is 3. The molecule has 0 amide bonds. The van der Waals surface area contributed by atoms with E-state index in [1.165, 1.54) is 0 Å². The van der Waals surface area contributed by atoms with Crippen LogP contribution in [-0.2, 0) is 6.42 Å². The lowest BCUT2D eigenvalue weighted by molar-refractivity contribution is 0.779. The third kappa shape index (κ3) is 2.57. The average Bonchev–Trinajstić information content (AvgIpc) is 2.76. The molecule has 15 heavy (non-hydrogen) atoms. The Hall–Kier alpha value is -1.33. The molecule has 78 valence electrons. The van der Waals surface area contributed by atoms with Gasteiger partial charge in [0.15, 0.2) is 0 Å². The van der Waals surface area contributed by atoms with E-state index in [0.717, 1.165) is 28.5 Å². The van der Waals surface area contributed by atoms with Crippen LogP contribution >= 0.6 is 11.3 Å². The van der Waals surface area contributed by atoms with E-state index in [4.69, 9.17) is 0 Å². The minimum absolute atomic E-state index is 0.925. The monoisotopic (exact) mass is 220 g/mol. The molecule has 0 aliphatic heterocycles. The minimum Gasteiger partial charge on any atom is -0.319 e. The van der Waals surface area contributed by atoms with Gasteiger partial charge in [-0.2, -0.15) is 0 Å². The first-order chi connectivity index (χ1) is 7.40. The van der Waals surface area contributed by atoms with Crippen LogP contribution in [-0.4, -0.2) is 28.8 Å². The van der Waals surface area contributed by atoms with Crippen LogP contribution in [0.1, 0.15) is 5.01 Å². The molecule has 0 atom stereocenters. The Bertz CT molecular complexity index is 412. The Labute approximate surface area is 92.4 Å². The van der Waals surface area contributed by atoms with Crippen molar-refractivity contribution >= 4 is 11.3 Å². The van der Waals surface area contributed by atoms with Gasteiger partial charge in [-0.05, 0) is 19.2 Å². The minimum atomic E-state index is 0.925. The highest BCUT2D eigenvalue weighted by molar-refractivity contribution is 7.14. The maximum Gasteiger partial charge on any atom is 0.149 e. The summed E-state index contributed by atoms with van der Waals surface area (Å²) in [4.78, 5) is 4.06. The fraction of sp³-hybridized carbons (Fsp3) is 0.300. The number of pyridine rings is 1. The second kappa shape index (κ2) is 4.95. The van der Waals surface area contributed by atoms with Gasteiger partial charge in [0.05, 0.1) is 0 Å². The molecule has 5 heteroatoms. The van der Waals surface area contributed by atoms with Crippen molar-refractivity contribution in [3.63, 3.8) is 0 Å². The summed E-state index contributed by atoms with van der Waals surface area (Å²) < 4.78 is 0. The predicted octanol–water partition coefficient (Wildman–Crippen LogP) is 1.36. The van der Waals surface area contributed by atoms with Crippen molar-refractivity contribution in [1.29, 1.82) is 0 Å². The lowest BCUT2D eigenvalue weighted by Crippen LogP contribution is -2.09. The lowest BCUT2D eigenvalue weighted by Gasteiger charge is -1.92. The molecule has 2 aromatic heterocycles. The molecule has 0 aliphatic rings. The van der Waals surface area contributed by atoms with Crippen molar-refractivity contribution in [2.24, 2.45) is 0 Å². The summed E-state index contributed by atoms with van der Waals surface area (Å²) in [5.74, 6) is 0. The van der Waals surface area contributed by atoms with Crippen LogP contribution in [0.25, 0.3) is 10.6 Å². The van der Waals surface area contributed by atoms with Crippen molar-refractivity contribution in [3.05, 3.63) is 29.5 Å². The van der Waals surface area contributed by atoms with Crippen LogP contribution in [0.3, 0.4) is 0 Å². The number of likely N-dealkylation sites (N-methyl/N-ethyl adjacent to an activating group) is 1. The molecule has 0 aromatic carbocycles. The summed E-state index contributed by atoms with van der Waals surface area (Å²) in [5, 5.41) is 13.4. The first kappa shape index (κ1) is 10.2. The molecule has 0 aliphatic carbocycles. The maximum atomic E-state index is 4.14. The van der Waals surface area contributed by atoms with Gasteiger partial charge in [-0.3, -0.25) is 4.98 Å². The van der Waals surface area contributed by atoms with Crippen LogP contribution in [0.4, 0.5) is 0 Å². The molecule has 0 bridgehead atoms. The molecule has 2 rings (SSSR count). The quantitative estimate of drug-likeness (QED) is 0.845. The largest absolute Gasteiger partial charge is 0.319 e. The summed E-state index contributed by atoms with van der Waals surface area (Å²) in [7, 11) is 1.93. The number of rotatable bonds is 4. The third-order valence-corrected chi connectivity index (χ3v) is 3.00. The zero-order valence-corrected chi connectivity index (χ0v) is 9.29. The van der Waals surface area contributed by atoms with Crippen molar-refractivity contribution in [3.8, 4) is 10.6 Å². The van der Waals surface area contributed by atoms with Crippen LogP contribution in [0, 0.1) is 0 Å². The molecule has 4 nitrogen and oxygen atoms in total. The Kier molecular flexibility index (Phi) is 3.37. The van der Waals surface area contributed by atoms with E-state index in [1.807, 2.05) is 25.4 Å². The molecule has 0 saturated heterocycles. The second-order valence-electron chi connectivity index (χ2n) is 3.10. The van der Waals surface area contributed by atoms with Gasteiger partial charge in [0.25, 0.3) is 0 Å². The number of aromatic nitrogens is 3. The molecule has 1 N–H and O–H groups in total. The van der Waals surface area contributed by atoms with Gasteiger partial charge in [-0.25, -0.2) is 0 Å². The summed E-state index contributed by atoms with van der Waals surface area (Å²) in [5.41, 5.74) is 1.03. The second-order valence-corrected chi connectivity index (χ2v) is 4.16. The van der Waals surface area contributed by atoms with Crippen LogP contribution in [0.5, 0.6) is 0 Å². The topological polar surface area (TPSA) is 50.7 Å². The van der Waals surface area contributed by atoms with Crippen LogP contribution in [0.2, 0.25) is 0 Å². The van der Waals surface area contributed by atoms with Gasteiger partial charge < -0.3 is 5.32 Å². The summed E-state index contributed by atoms with van der Waals surface area (Å²) in [6.45, 7) is 0.932. The van der Waals surface area contributed by atoms with Gasteiger partial charge in [-0.1, -0.05) is 11.3 Å². The molecule has 0 unspecified atom stereocenters. The van der Waals surface area contributed by atoms with Crippen molar-refractivity contribution in [2.75, 3.05) is 13.6 Å². The van der Waals surface area contributed by atoms with E-state index in [0.29, 0.717) is 0 Å². The van der Waals surface area contributed by atoms with Crippen molar-refractivity contribution in [1.82, 2.24) is 20.5 Å². The highest BCUT2D eigenvalue weighted by atomic mass is 32.1. The van der Waals surface area contributed by atoms with E-state index < -0.39 is 0 Å². The highest BCUT2D eigenvalue weighted by Crippen LogP contribution is 2.22. The van der Waals surface area contributed by atoms with Gasteiger partial charge in [-0.15, -0.1) is 10.2 Å². The van der Waals surface area contributed by atoms with Gasteiger partial charge in [0, 0.05) is 30.9 Å². The molecular weight excluding hydrogens is 208 g/mol. The van der Waals surface area contributed by atoms with Crippen LogP contribution < -0.4 is 5.32 Å². The first-order valence-electron chi connectivity index (χ1n) is 4.77. The molecule has 2 aromatic rings. The average molecular weight is 220 g/mol. The normalized spacial score (nSPS) is 10.5. The van der Waals surface area contributed by atoms with Gasteiger partial charge >= 0.3 is 0 Å². The van der Waals surface area contributed by atoms with E-state index in [2.05, 4.69) is 20.5 Å². The standard InChI is InChI=1S/C10H12N4S/c1-11-6-4-9-13-14-10(15-9)8-3-2-5-12-7-8/h2-3,5,7,11H,4,6H2,1H3. The number of hydrogen-bond acceptors (Lipinski definition) is 5. The van der Waals surface area contributed by atoms with Crippen molar-refractivity contribution < 1.29 is 0 Å². The number of hydrogen-bond donors (Lipinski definition) is 1. The van der Waals surface area contributed by atoms with Crippen molar-refractivity contribution in [2.45, 2.75) is 6.42 Å². The molecule has 0 radical (unpaired) electrons. The Balaban J connectivity index is 2.14. The summed E-state index contributed by atoms with van der Waals surface area (Å²) in [6, 6.07) is 3.90. The fourth-order valence-electron chi connectivity index (χ4n) is 1.19. The Morgan fingerprint density at radius 1 is 1.40 bits per heavy atom. The van der Waals surface area contributed by atoms with Gasteiger partial charge in [0.2, 0.25) is 0 Å². The van der Waals surface area contributed by atoms with Gasteiger partial charge in [0.1, 0.15) is 10.0 Å². The van der Waals surface area contributed by atoms with E-state index in [1.54, 1.807) is 17.5 Å². The molecule has 0 saturated carbocycles. The Morgan fingerprint density at radius 3 is 3.07 bits per heavy atom. The summed E-state index contributed by atoms with van der Waals surface area (Å²) >= 11 is 1.62. The highest BCUT2D eigenvalue weighted by Gasteiger charge is 2.05. The molecule has 0 spiro atoms. The third-order valence-electron chi connectivity index (χ3n) is 1.96.